The maximum Gasteiger partial charge on any atom is 0.307 e. The number of carbonyl (C=O) groups excluding carboxylic acids is 1. The summed E-state index contributed by atoms with van der Waals surface area (Å²) < 4.78 is 1.41. The Kier molecular flexibility index (Phi) is 5.57. The number of rotatable bonds is 6. The SMILES string of the molecule is CCC(C(=O)N1CCN(Cc2cccnc2)CC1)n1cc([N+](=O)[O-])cn1. The minimum Gasteiger partial charge on any atom is -0.338 e. The molecule has 2 aromatic rings. The van der Waals surface area contributed by atoms with Crippen molar-refractivity contribution in [3.05, 3.63) is 52.6 Å². The standard InChI is InChI=1S/C17H22N6O3/c1-2-16(22-13-15(11-19-22)23(25)26)17(24)21-8-6-20(7-9-21)12-14-4-3-5-18-10-14/h3-5,10-11,13,16H,2,6-9,12H2,1H3. The Morgan fingerprint density at radius 3 is 2.65 bits per heavy atom. The Hall–Kier alpha value is -2.81. The van der Waals surface area contributed by atoms with Gasteiger partial charge in [-0.05, 0) is 18.1 Å². The highest BCUT2D eigenvalue weighted by Crippen LogP contribution is 2.19. The zero-order chi connectivity index (χ0) is 18.5. The van der Waals surface area contributed by atoms with E-state index in [1.54, 1.807) is 6.20 Å². The third-order valence-electron chi connectivity index (χ3n) is 4.60. The van der Waals surface area contributed by atoms with Gasteiger partial charge < -0.3 is 4.90 Å². The summed E-state index contributed by atoms with van der Waals surface area (Å²) in [6.07, 6.45) is 6.65. The summed E-state index contributed by atoms with van der Waals surface area (Å²) in [5.41, 5.74) is 1.06. The number of amides is 1. The van der Waals surface area contributed by atoms with Crippen molar-refractivity contribution in [3.63, 3.8) is 0 Å². The fraction of sp³-hybridized carbons (Fsp3) is 0.471. The molecule has 1 saturated heterocycles. The van der Waals surface area contributed by atoms with Crippen LogP contribution < -0.4 is 0 Å². The molecule has 9 heteroatoms. The van der Waals surface area contributed by atoms with Crippen LogP contribution in [0.4, 0.5) is 5.69 Å². The van der Waals surface area contributed by atoms with Crippen molar-refractivity contribution in [3.8, 4) is 0 Å². The van der Waals surface area contributed by atoms with Gasteiger partial charge in [0.1, 0.15) is 18.4 Å². The van der Waals surface area contributed by atoms with E-state index in [-0.39, 0.29) is 11.6 Å². The molecule has 3 heterocycles. The Labute approximate surface area is 151 Å². The first-order valence-corrected chi connectivity index (χ1v) is 8.67. The lowest BCUT2D eigenvalue weighted by molar-refractivity contribution is -0.385. The van der Waals surface area contributed by atoms with E-state index in [0.717, 1.165) is 25.2 Å². The van der Waals surface area contributed by atoms with Crippen molar-refractivity contribution >= 4 is 11.6 Å². The molecular weight excluding hydrogens is 336 g/mol. The molecule has 3 rings (SSSR count). The fourth-order valence-electron chi connectivity index (χ4n) is 3.15. The molecule has 0 N–H and O–H groups in total. The van der Waals surface area contributed by atoms with Crippen molar-refractivity contribution in [2.75, 3.05) is 26.2 Å². The minimum atomic E-state index is -0.506. The molecule has 1 unspecified atom stereocenters. The largest absolute Gasteiger partial charge is 0.338 e. The average molecular weight is 358 g/mol. The summed E-state index contributed by atoms with van der Waals surface area (Å²) in [4.78, 5) is 31.4. The van der Waals surface area contributed by atoms with Crippen LogP contribution in [-0.4, -0.2) is 61.6 Å². The van der Waals surface area contributed by atoms with Crippen LogP contribution in [0.2, 0.25) is 0 Å². The highest BCUT2D eigenvalue weighted by atomic mass is 16.6. The summed E-state index contributed by atoms with van der Waals surface area (Å²) >= 11 is 0. The molecule has 1 atom stereocenters. The quantitative estimate of drug-likeness (QED) is 0.573. The van der Waals surface area contributed by atoms with Crippen LogP contribution in [0.15, 0.2) is 36.9 Å². The maximum atomic E-state index is 12.8. The van der Waals surface area contributed by atoms with E-state index in [1.165, 1.54) is 17.1 Å². The predicted molar refractivity (Wildman–Crippen MR) is 94.3 cm³/mol. The molecule has 0 aliphatic carbocycles. The zero-order valence-electron chi connectivity index (χ0n) is 14.7. The molecule has 0 bridgehead atoms. The number of hydrogen-bond donors (Lipinski definition) is 0. The molecule has 1 amide bonds. The Balaban J connectivity index is 1.58. The predicted octanol–water partition coefficient (Wildman–Crippen LogP) is 1.48. The van der Waals surface area contributed by atoms with E-state index in [4.69, 9.17) is 0 Å². The summed E-state index contributed by atoms with van der Waals surface area (Å²) in [6.45, 7) is 5.55. The van der Waals surface area contributed by atoms with Gasteiger partial charge in [0, 0.05) is 45.1 Å². The fourth-order valence-corrected chi connectivity index (χ4v) is 3.15. The monoisotopic (exact) mass is 358 g/mol. The molecule has 1 aliphatic heterocycles. The van der Waals surface area contributed by atoms with Crippen LogP contribution in [-0.2, 0) is 11.3 Å². The summed E-state index contributed by atoms with van der Waals surface area (Å²) in [5.74, 6) is -0.0356. The normalized spacial score (nSPS) is 16.4. The summed E-state index contributed by atoms with van der Waals surface area (Å²) in [5, 5.41) is 14.8. The van der Waals surface area contributed by atoms with Gasteiger partial charge in [0.25, 0.3) is 0 Å². The van der Waals surface area contributed by atoms with Gasteiger partial charge in [0.05, 0.1) is 4.92 Å². The molecule has 1 fully saturated rings. The minimum absolute atomic E-state index is 0.0356. The van der Waals surface area contributed by atoms with Crippen molar-refractivity contribution in [1.29, 1.82) is 0 Å². The lowest BCUT2D eigenvalue weighted by Gasteiger charge is -2.36. The number of hydrogen-bond acceptors (Lipinski definition) is 6. The molecule has 2 aromatic heterocycles. The van der Waals surface area contributed by atoms with Crippen LogP contribution in [0.1, 0.15) is 24.9 Å². The molecule has 9 nitrogen and oxygen atoms in total. The highest BCUT2D eigenvalue weighted by Gasteiger charge is 2.29. The van der Waals surface area contributed by atoms with Crippen LogP contribution >= 0.6 is 0 Å². The van der Waals surface area contributed by atoms with Crippen molar-refractivity contribution in [2.45, 2.75) is 25.9 Å². The van der Waals surface area contributed by atoms with Crippen molar-refractivity contribution in [2.24, 2.45) is 0 Å². The van der Waals surface area contributed by atoms with E-state index >= 15 is 0 Å². The Morgan fingerprint density at radius 2 is 2.08 bits per heavy atom. The van der Waals surface area contributed by atoms with Crippen molar-refractivity contribution < 1.29 is 9.72 Å². The first-order valence-electron chi connectivity index (χ1n) is 8.67. The van der Waals surface area contributed by atoms with Crippen LogP contribution in [0.5, 0.6) is 0 Å². The van der Waals surface area contributed by atoms with Gasteiger partial charge in [0.2, 0.25) is 5.91 Å². The van der Waals surface area contributed by atoms with E-state index in [9.17, 15) is 14.9 Å². The van der Waals surface area contributed by atoms with E-state index in [2.05, 4.69) is 15.0 Å². The topological polar surface area (TPSA) is 97.4 Å². The molecule has 138 valence electrons. The van der Waals surface area contributed by atoms with E-state index < -0.39 is 11.0 Å². The van der Waals surface area contributed by atoms with Crippen LogP contribution in [0.25, 0.3) is 0 Å². The van der Waals surface area contributed by atoms with Gasteiger partial charge >= 0.3 is 5.69 Å². The van der Waals surface area contributed by atoms with Crippen LogP contribution in [0, 0.1) is 10.1 Å². The summed E-state index contributed by atoms with van der Waals surface area (Å²) in [7, 11) is 0. The average Bonchev–Trinajstić information content (AvgIpc) is 3.14. The number of nitro groups is 1. The lowest BCUT2D eigenvalue weighted by Crippen LogP contribution is -2.50. The van der Waals surface area contributed by atoms with Crippen molar-refractivity contribution in [1.82, 2.24) is 24.6 Å². The molecule has 26 heavy (non-hydrogen) atoms. The van der Waals surface area contributed by atoms with Gasteiger partial charge in [-0.25, -0.2) is 0 Å². The zero-order valence-corrected chi connectivity index (χ0v) is 14.7. The molecule has 0 radical (unpaired) electrons. The summed E-state index contributed by atoms with van der Waals surface area (Å²) in [6, 6.07) is 3.46. The van der Waals surface area contributed by atoms with E-state index in [1.807, 2.05) is 30.2 Å². The van der Waals surface area contributed by atoms with E-state index in [0.29, 0.717) is 19.5 Å². The second-order valence-electron chi connectivity index (χ2n) is 6.32. The third-order valence-corrected chi connectivity index (χ3v) is 4.60. The highest BCUT2D eigenvalue weighted by molar-refractivity contribution is 5.80. The van der Waals surface area contributed by atoms with Gasteiger partial charge in [-0.15, -0.1) is 0 Å². The van der Waals surface area contributed by atoms with Gasteiger partial charge in [-0.1, -0.05) is 13.0 Å². The first kappa shape index (κ1) is 18.0. The van der Waals surface area contributed by atoms with Crippen LogP contribution in [0.3, 0.4) is 0 Å². The molecule has 0 aromatic carbocycles. The van der Waals surface area contributed by atoms with Gasteiger partial charge in [-0.2, -0.15) is 5.10 Å². The molecule has 1 aliphatic rings. The number of pyridine rings is 1. The second kappa shape index (κ2) is 8.05. The second-order valence-corrected chi connectivity index (χ2v) is 6.32. The first-order chi connectivity index (χ1) is 12.6. The molecule has 0 saturated carbocycles. The number of piperazine rings is 1. The Morgan fingerprint density at radius 1 is 1.31 bits per heavy atom. The number of aromatic nitrogens is 3. The third kappa shape index (κ3) is 4.05. The number of nitrogens with zero attached hydrogens (tertiary/aromatic N) is 6. The lowest BCUT2D eigenvalue weighted by atomic mass is 10.1. The maximum absolute atomic E-state index is 12.8. The van der Waals surface area contributed by atoms with Gasteiger partial charge in [-0.3, -0.25) is 29.5 Å². The number of carbonyl (C=O) groups is 1. The smallest absolute Gasteiger partial charge is 0.307 e. The Bertz CT molecular complexity index is 755. The van der Waals surface area contributed by atoms with Gasteiger partial charge in [0.15, 0.2) is 0 Å². The molecule has 0 spiro atoms. The molecular formula is C17H22N6O3.